The van der Waals surface area contributed by atoms with Gasteiger partial charge in [0.25, 0.3) is 0 Å². The number of anilines is 1. The van der Waals surface area contributed by atoms with Crippen molar-refractivity contribution in [3.05, 3.63) is 101 Å². The Kier molecular flexibility index (Phi) is 10.7. The van der Waals surface area contributed by atoms with E-state index < -0.39 is 0 Å². The molecule has 0 bridgehead atoms. The normalized spacial score (nSPS) is 13.4. The molecule has 1 saturated heterocycles. The minimum absolute atomic E-state index is 0.173. The molecular weight excluding hydrogens is 540 g/mol. The summed E-state index contributed by atoms with van der Waals surface area (Å²) in [7, 11) is 2.17. The van der Waals surface area contributed by atoms with E-state index in [-0.39, 0.29) is 5.56 Å². The Labute approximate surface area is 251 Å². The maximum Gasteiger partial charge on any atom is 0.248 e. The number of fused-ring (bicyclic) bond motifs is 1. The van der Waals surface area contributed by atoms with Gasteiger partial charge in [0.15, 0.2) is 11.5 Å². The van der Waals surface area contributed by atoms with Gasteiger partial charge in [0, 0.05) is 50.7 Å². The van der Waals surface area contributed by atoms with Crippen LogP contribution < -0.4 is 11.3 Å². The van der Waals surface area contributed by atoms with Gasteiger partial charge in [-0.3, -0.25) is 19.1 Å². The fourth-order valence-corrected chi connectivity index (χ4v) is 4.75. The summed E-state index contributed by atoms with van der Waals surface area (Å²) < 4.78 is 2.01. The second-order valence-electron chi connectivity index (χ2n) is 9.79. The lowest BCUT2D eigenvalue weighted by atomic mass is 10.1. The van der Waals surface area contributed by atoms with E-state index in [0.29, 0.717) is 35.0 Å². The minimum Gasteiger partial charge on any atom is -0.383 e. The van der Waals surface area contributed by atoms with Gasteiger partial charge < -0.3 is 15.6 Å². The molecule has 1 fully saturated rings. The third-order valence-electron chi connectivity index (χ3n) is 6.92. The standard InChI is InChI=1S/C28H28N8O.C3H4O.C2H6/c1-34-14-16-35(17-15-34)18-19-7-9-20(10-8-19)36-27(21-4-3-13-30-26(21)29)33-24-12-11-23(32-28(24)36)22-5-2-6-25(37)31-22;1-2-3-4;1-2/h2-13H,14-18H2,1H3,(H2,29,30)(H,31,37);2-3H,1H2;1-2H3. The number of benzene rings is 1. The number of aldehydes is 1. The van der Waals surface area contributed by atoms with Crippen LogP contribution in [0.3, 0.4) is 0 Å². The van der Waals surface area contributed by atoms with Gasteiger partial charge in [0.1, 0.15) is 17.6 Å². The predicted molar refractivity (Wildman–Crippen MR) is 173 cm³/mol. The van der Waals surface area contributed by atoms with Gasteiger partial charge in [-0.25, -0.2) is 15.0 Å². The van der Waals surface area contributed by atoms with Crippen LogP contribution in [0.1, 0.15) is 19.4 Å². The number of nitrogens with zero attached hydrogens (tertiary/aromatic N) is 6. The van der Waals surface area contributed by atoms with Crippen molar-refractivity contribution in [3.63, 3.8) is 0 Å². The Morgan fingerprint density at radius 2 is 1.67 bits per heavy atom. The second-order valence-corrected chi connectivity index (χ2v) is 9.79. The molecule has 1 aliphatic heterocycles. The van der Waals surface area contributed by atoms with E-state index in [1.54, 1.807) is 12.3 Å². The number of imidazole rings is 1. The number of likely N-dealkylation sites (N-methyl/N-ethyl adjacent to an activating group) is 1. The summed E-state index contributed by atoms with van der Waals surface area (Å²) in [6.07, 6.45) is 3.50. The van der Waals surface area contributed by atoms with Gasteiger partial charge in [-0.2, -0.15) is 0 Å². The Morgan fingerprint density at radius 3 is 2.33 bits per heavy atom. The molecule has 43 heavy (non-hydrogen) atoms. The molecule has 1 aliphatic rings. The number of hydrogen-bond donors (Lipinski definition) is 2. The van der Waals surface area contributed by atoms with Crippen LogP contribution in [0.2, 0.25) is 0 Å². The van der Waals surface area contributed by atoms with E-state index in [1.807, 2.05) is 48.7 Å². The lowest BCUT2D eigenvalue weighted by molar-refractivity contribution is -0.104. The number of rotatable bonds is 6. The smallest absolute Gasteiger partial charge is 0.248 e. The molecule has 0 amide bonds. The number of nitrogen functional groups attached to an aromatic ring is 1. The van der Waals surface area contributed by atoms with Gasteiger partial charge in [-0.05, 0) is 61.2 Å². The Hall–Kier alpha value is -4.93. The van der Waals surface area contributed by atoms with Crippen molar-refractivity contribution in [1.29, 1.82) is 0 Å². The molecule has 3 N–H and O–H groups in total. The SMILES string of the molecule is C=CC=O.CC.CN1CCN(Cc2ccc(-n3c(-c4cccnc4N)nc4ccc(-c5cccc(=O)[nH]5)nc43)cc2)CC1. The third-order valence-corrected chi connectivity index (χ3v) is 6.92. The molecular formula is C33H38N8O2. The van der Waals surface area contributed by atoms with Gasteiger partial charge in [0.2, 0.25) is 5.56 Å². The topological polar surface area (TPSA) is 126 Å². The summed E-state index contributed by atoms with van der Waals surface area (Å²) >= 11 is 0. The lowest BCUT2D eigenvalue weighted by Crippen LogP contribution is -2.43. The number of allylic oxidation sites excluding steroid dienone is 1. The number of nitrogens with one attached hydrogen (secondary N) is 1. The number of piperazine rings is 1. The van der Waals surface area contributed by atoms with E-state index in [2.05, 4.69) is 57.7 Å². The van der Waals surface area contributed by atoms with Gasteiger partial charge in [-0.15, -0.1) is 0 Å². The van der Waals surface area contributed by atoms with Crippen LogP contribution >= 0.6 is 0 Å². The van der Waals surface area contributed by atoms with Crippen LogP contribution in [0.5, 0.6) is 0 Å². The summed E-state index contributed by atoms with van der Waals surface area (Å²) in [6, 6.07) is 21.1. The molecule has 6 rings (SSSR count). The second kappa shape index (κ2) is 14.8. The largest absolute Gasteiger partial charge is 0.383 e. The average molecular weight is 579 g/mol. The maximum atomic E-state index is 11.9. The summed E-state index contributed by atoms with van der Waals surface area (Å²) in [5, 5.41) is 0. The number of aromatic nitrogens is 5. The molecule has 222 valence electrons. The molecule has 5 heterocycles. The fraction of sp³-hybridized carbons (Fsp3) is 0.242. The molecule has 4 aromatic heterocycles. The molecule has 5 aromatic rings. The zero-order valence-corrected chi connectivity index (χ0v) is 24.9. The van der Waals surface area contributed by atoms with Crippen molar-refractivity contribution in [2.75, 3.05) is 39.0 Å². The Morgan fingerprint density at radius 1 is 0.953 bits per heavy atom. The first-order valence-electron chi connectivity index (χ1n) is 14.3. The van der Waals surface area contributed by atoms with Crippen molar-refractivity contribution in [2.24, 2.45) is 0 Å². The van der Waals surface area contributed by atoms with Crippen molar-refractivity contribution < 1.29 is 4.79 Å². The zero-order valence-electron chi connectivity index (χ0n) is 24.9. The monoisotopic (exact) mass is 578 g/mol. The summed E-state index contributed by atoms with van der Waals surface area (Å²) in [5.74, 6) is 1.07. The first kappa shape index (κ1) is 31.0. The van der Waals surface area contributed by atoms with Crippen LogP contribution in [0.25, 0.3) is 39.6 Å². The molecule has 0 radical (unpaired) electrons. The van der Waals surface area contributed by atoms with E-state index in [1.165, 1.54) is 17.7 Å². The predicted octanol–water partition coefficient (Wildman–Crippen LogP) is 4.56. The van der Waals surface area contributed by atoms with Crippen molar-refractivity contribution >= 4 is 23.3 Å². The van der Waals surface area contributed by atoms with Crippen LogP contribution in [-0.4, -0.2) is 73.8 Å². The van der Waals surface area contributed by atoms with Crippen LogP contribution in [0.15, 0.2) is 90.4 Å². The van der Waals surface area contributed by atoms with Gasteiger partial charge in [-0.1, -0.05) is 38.6 Å². The quantitative estimate of drug-likeness (QED) is 0.222. The van der Waals surface area contributed by atoms with Crippen LogP contribution in [0.4, 0.5) is 5.82 Å². The third kappa shape index (κ3) is 7.48. The number of pyridine rings is 3. The number of H-pyrrole nitrogens is 1. The summed E-state index contributed by atoms with van der Waals surface area (Å²) in [4.78, 5) is 42.8. The number of carbonyl (C=O) groups excluding carboxylic acids is 1. The molecule has 1 aromatic carbocycles. The summed E-state index contributed by atoms with van der Waals surface area (Å²) in [6.45, 7) is 12.4. The highest BCUT2D eigenvalue weighted by Gasteiger charge is 2.19. The fourth-order valence-electron chi connectivity index (χ4n) is 4.75. The highest BCUT2D eigenvalue weighted by Crippen LogP contribution is 2.31. The maximum absolute atomic E-state index is 11.9. The number of aromatic amines is 1. The first-order valence-corrected chi connectivity index (χ1v) is 14.3. The van der Waals surface area contributed by atoms with Crippen LogP contribution in [-0.2, 0) is 11.3 Å². The van der Waals surface area contributed by atoms with Crippen molar-refractivity contribution in [3.8, 4) is 28.5 Å². The lowest BCUT2D eigenvalue weighted by Gasteiger charge is -2.32. The molecule has 0 atom stereocenters. The highest BCUT2D eigenvalue weighted by atomic mass is 16.1. The highest BCUT2D eigenvalue weighted by molar-refractivity contribution is 5.84. The average Bonchev–Trinajstić information content (AvgIpc) is 3.42. The molecule has 0 unspecified atom stereocenters. The molecule has 0 aliphatic carbocycles. The Balaban J connectivity index is 0.000000653. The number of nitrogens with two attached hydrogens (primary N) is 1. The summed E-state index contributed by atoms with van der Waals surface area (Å²) in [5.41, 5.74) is 11.7. The molecule has 10 heteroatoms. The molecule has 0 saturated carbocycles. The van der Waals surface area contributed by atoms with E-state index >= 15 is 0 Å². The van der Waals surface area contributed by atoms with Crippen LogP contribution in [0, 0.1) is 0 Å². The van der Waals surface area contributed by atoms with E-state index in [4.69, 9.17) is 20.5 Å². The molecule has 0 spiro atoms. The Bertz CT molecular complexity index is 1710. The molecule has 10 nitrogen and oxygen atoms in total. The van der Waals surface area contributed by atoms with Crippen molar-refractivity contribution in [2.45, 2.75) is 20.4 Å². The van der Waals surface area contributed by atoms with Crippen molar-refractivity contribution in [1.82, 2.24) is 34.3 Å². The van der Waals surface area contributed by atoms with Gasteiger partial charge in [0.05, 0.1) is 17.0 Å². The van der Waals surface area contributed by atoms with E-state index in [9.17, 15) is 4.79 Å². The van der Waals surface area contributed by atoms with Gasteiger partial charge >= 0.3 is 0 Å². The first-order chi connectivity index (χ1) is 21.0. The van der Waals surface area contributed by atoms with E-state index in [0.717, 1.165) is 49.5 Å². The zero-order chi connectivity index (χ0) is 30.8. The number of hydrogen-bond acceptors (Lipinski definition) is 8. The minimum atomic E-state index is -0.173. The number of carbonyl (C=O) groups is 1.